The van der Waals surface area contributed by atoms with Crippen LogP contribution in [0.4, 0.5) is 0 Å². The van der Waals surface area contributed by atoms with E-state index >= 15 is 0 Å². The molecule has 0 amide bonds. The van der Waals surface area contributed by atoms with E-state index in [1.807, 2.05) is 0 Å². The van der Waals surface area contributed by atoms with Crippen LogP contribution in [0.15, 0.2) is 0 Å². The first-order chi connectivity index (χ1) is 4.81. The summed E-state index contributed by atoms with van der Waals surface area (Å²) in [6.07, 6.45) is 0. The third-order valence-corrected chi connectivity index (χ3v) is 6.81. The summed E-state index contributed by atoms with van der Waals surface area (Å²) < 4.78 is 12.7. The highest BCUT2D eigenvalue weighted by atomic mass is 28.4. The van der Waals surface area contributed by atoms with Gasteiger partial charge in [0, 0.05) is 7.98 Å². The Bertz CT molecular complexity index is 118. The Morgan fingerprint density at radius 2 is 1.90 bits per heavy atom. The van der Waals surface area contributed by atoms with E-state index in [2.05, 4.69) is 33.9 Å². The van der Waals surface area contributed by atoms with Crippen LogP contribution in [0.1, 0.15) is 29.0 Å². The van der Waals surface area contributed by atoms with E-state index in [4.69, 9.17) is 5.80 Å². The summed E-state index contributed by atoms with van der Waals surface area (Å²) in [4.78, 5) is 0. The maximum Gasteiger partial charge on any atom is 0.191 e. The lowest BCUT2D eigenvalue weighted by Gasteiger charge is -2.35. The molecule has 0 unspecified atom stereocenters. The van der Waals surface area contributed by atoms with Crippen molar-refractivity contribution in [3.05, 3.63) is 0 Å². The lowest BCUT2D eigenvalue weighted by molar-refractivity contribution is 0.308. The van der Waals surface area contributed by atoms with Crippen LogP contribution >= 0.6 is 0 Å². The molecule has 0 spiro atoms. The molecular formula is C8H20OSi. The van der Waals surface area contributed by atoms with Gasteiger partial charge in [0.25, 0.3) is 0 Å². The van der Waals surface area contributed by atoms with Crippen LogP contribution in [0, 0.1) is 0 Å². The fourth-order valence-electron chi connectivity index (χ4n) is 0.472. The minimum Gasteiger partial charge on any atom is -0.417 e. The molecule has 0 aromatic rings. The molecule has 0 radical (unpaired) electrons. The average molecular weight is 161 g/mol. The van der Waals surface area contributed by atoms with Gasteiger partial charge in [0.1, 0.15) is 0 Å². The molecule has 0 saturated carbocycles. The van der Waals surface area contributed by atoms with E-state index in [1.165, 1.54) is 0 Å². The molecule has 0 aliphatic heterocycles. The van der Waals surface area contributed by atoms with Gasteiger partial charge in [-0.2, -0.15) is 0 Å². The van der Waals surface area contributed by atoms with Crippen LogP contribution in [0.3, 0.4) is 0 Å². The topological polar surface area (TPSA) is 9.23 Å². The first kappa shape index (κ1) is 8.28. The van der Waals surface area contributed by atoms with Crippen molar-refractivity contribution < 1.29 is 5.80 Å². The fraction of sp³-hybridized carbons (Fsp3) is 1.00. The van der Waals surface area contributed by atoms with Gasteiger partial charge in [-0.1, -0.05) is 20.8 Å². The Kier molecular flexibility index (Phi) is 2.53. The largest absolute Gasteiger partial charge is 0.417 e. The molecule has 0 saturated heterocycles. The minimum atomic E-state index is -1.55. The Balaban J connectivity index is 4.00. The van der Waals surface area contributed by atoms with Crippen molar-refractivity contribution in [1.82, 2.24) is 0 Å². The summed E-state index contributed by atoms with van der Waals surface area (Å²) >= 11 is 0. The molecule has 0 aromatic carbocycles. The second kappa shape index (κ2) is 3.05. The fourth-order valence-corrected chi connectivity index (χ4v) is 1.41. The zero-order chi connectivity index (χ0) is 9.12. The Labute approximate surface area is 67.3 Å². The van der Waals surface area contributed by atoms with Crippen LogP contribution in [-0.4, -0.2) is 14.9 Å². The Morgan fingerprint density at radius 1 is 1.40 bits per heavy atom. The summed E-state index contributed by atoms with van der Waals surface area (Å²) in [5.41, 5.74) is 0. The first-order valence-electron chi connectivity index (χ1n) is 4.45. The minimum absolute atomic E-state index is 0.280. The molecule has 0 aliphatic carbocycles. The molecule has 0 fully saturated rings. The maximum atomic E-state index is 6.98. The number of hydrogen-bond acceptors (Lipinski definition) is 1. The van der Waals surface area contributed by atoms with Crippen LogP contribution in [0.2, 0.25) is 18.1 Å². The summed E-state index contributed by atoms with van der Waals surface area (Å²) in [7, 11) is -1.55. The second-order valence-corrected chi connectivity index (χ2v) is 8.92. The molecule has 0 rings (SSSR count). The molecule has 10 heavy (non-hydrogen) atoms. The molecule has 0 aromatic heterocycles. The molecule has 1 nitrogen and oxygen atoms in total. The molecule has 0 atom stereocenters. The third-order valence-electron chi connectivity index (χ3n) is 2.27. The molecule has 0 N–H and O–H groups in total. The Morgan fingerprint density at radius 3 is 2.20 bits per heavy atom. The molecule has 0 bridgehead atoms. The smallest absolute Gasteiger partial charge is 0.191 e. The van der Waals surface area contributed by atoms with Crippen molar-refractivity contribution >= 4 is 8.32 Å². The van der Waals surface area contributed by atoms with Crippen molar-refractivity contribution in [3.63, 3.8) is 0 Å². The van der Waals surface area contributed by atoms with Gasteiger partial charge in [-0.25, -0.2) is 0 Å². The Hall–Kier alpha value is 0.177. The van der Waals surface area contributed by atoms with E-state index in [0.29, 0.717) is 13.5 Å². The lowest BCUT2D eigenvalue weighted by Crippen LogP contribution is -2.40. The lowest BCUT2D eigenvalue weighted by atomic mass is 10.2. The van der Waals surface area contributed by atoms with Crippen LogP contribution in [-0.2, 0) is 4.43 Å². The van der Waals surface area contributed by atoms with Gasteiger partial charge < -0.3 is 4.43 Å². The van der Waals surface area contributed by atoms with Crippen LogP contribution in [0.25, 0.3) is 0 Å². The zero-order valence-corrected chi connectivity index (χ0v) is 8.82. The molecule has 2 heteroatoms. The number of hydrogen-bond donors (Lipinski definition) is 0. The highest BCUT2D eigenvalue weighted by Gasteiger charge is 2.36. The van der Waals surface area contributed by atoms with Gasteiger partial charge in [-0.3, -0.25) is 0 Å². The van der Waals surface area contributed by atoms with Gasteiger partial charge in [0.05, 0.1) is 0 Å². The van der Waals surface area contributed by atoms with Gasteiger partial charge in [0.2, 0.25) is 0 Å². The van der Waals surface area contributed by atoms with Crippen molar-refractivity contribution in [2.45, 2.75) is 45.8 Å². The monoisotopic (exact) mass is 161 g/mol. The maximum absolute atomic E-state index is 6.98. The van der Waals surface area contributed by atoms with Crippen molar-refractivity contribution in [2.24, 2.45) is 0 Å². The highest BCUT2D eigenvalue weighted by molar-refractivity contribution is 6.74. The standard InChI is InChI=1S/C8H20OSi/c1-7-9-10(5,6)8(2,3)4/h7H2,1-6H3/i1D. The van der Waals surface area contributed by atoms with E-state index in [-0.39, 0.29) is 5.04 Å². The molecule has 62 valence electrons. The quantitative estimate of drug-likeness (QED) is 0.566. The predicted molar refractivity (Wildman–Crippen MR) is 48.8 cm³/mol. The molecule has 0 heterocycles. The molecule has 0 aliphatic rings. The third kappa shape index (κ3) is 2.43. The SMILES string of the molecule is [2H]CCO[Si](C)(C)C(C)(C)C. The summed E-state index contributed by atoms with van der Waals surface area (Å²) in [5, 5.41) is 0.280. The molecular weight excluding hydrogens is 140 g/mol. The van der Waals surface area contributed by atoms with Gasteiger partial charge in [-0.05, 0) is 25.0 Å². The second-order valence-electron chi connectivity index (χ2n) is 4.11. The summed E-state index contributed by atoms with van der Waals surface area (Å²) in [6, 6.07) is 0. The van der Waals surface area contributed by atoms with Crippen molar-refractivity contribution in [2.75, 3.05) is 6.61 Å². The zero-order valence-electron chi connectivity index (χ0n) is 8.82. The van der Waals surface area contributed by atoms with E-state index in [1.54, 1.807) is 0 Å². The summed E-state index contributed by atoms with van der Waals surface area (Å²) in [5.74, 6) is 0. The van der Waals surface area contributed by atoms with Crippen LogP contribution < -0.4 is 0 Å². The first-order valence-corrected chi connectivity index (χ1v) is 6.65. The number of rotatable bonds is 2. The predicted octanol–water partition coefficient (Wildman–Crippen LogP) is 3.03. The van der Waals surface area contributed by atoms with Crippen molar-refractivity contribution in [1.29, 1.82) is 0 Å². The van der Waals surface area contributed by atoms with Gasteiger partial charge in [-0.15, -0.1) is 0 Å². The van der Waals surface area contributed by atoms with Crippen molar-refractivity contribution in [3.8, 4) is 0 Å². The van der Waals surface area contributed by atoms with E-state index in [0.717, 1.165) is 0 Å². The average Bonchev–Trinajstić information content (AvgIpc) is 1.81. The highest BCUT2D eigenvalue weighted by Crippen LogP contribution is 2.36. The van der Waals surface area contributed by atoms with Crippen LogP contribution in [0.5, 0.6) is 0 Å². The van der Waals surface area contributed by atoms with Gasteiger partial charge >= 0.3 is 0 Å². The summed E-state index contributed by atoms with van der Waals surface area (Å²) in [6.45, 7) is 12.0. The van der Waals surface area contributed by atoms with E-state index in [9.17, 15) is 0 Å². The van der Waals surface area contributed by atoms with Gasteiger partial charge in [0.15, 0.2) is 8.32 Å². The normalized spacial score (nSPS) is 15.1. The van der Waals surface area contributed by atoms with E-state index < -0.39 is 8.32 Å².